The number of imidazole rings is 1. The molecule has 2 aromatic rings. The largest absolute Gasteiger partial charge is 0.329 e. The van der Waals surface area contributed by atoms with E-state index in [1.807, 2.05) is 0 Å². The van der Waals surface area contributed by atoms with E-state index < -0.39 is 10.0 Å². The van der Waals surface area contributed by atoms with Gasteiger partial charge >= 0.3 is 5.69 Å². The van der Waals surface area contributed by atoms with Crippen molar-refractivity contribution in [1.29, 1.82) is 0 Å². The summed E-state index contributed by atoms with van der Waals surface area (Å²) in [5, 5.41) is 0. The third kappa shape index (κ3) is 2.17. The summed E-state index contributed by atoms with van der Waals surface area (Å²) in [5.74, 6) is 0. The Morgan fingerprint density at radius 1 is 1.28 bits per heavy atom. The van der Waals surface area contributed by atoms with E-state index in [0.717, 1.165) is 0 Å². The number of rotatable bonds is 4. The Labute approximate surface area is 104 Å². The second-order valence-electron chi connectivity index (χ2n) is 3.90. The Hall–Kier alpha value is -1.64. The van der Waals surface area contributed by atoms with Gasteiger partial charge in [0.1, 0.15) is 0 Å². The predicted molar refractivity (Wildman–Crippen MR) is 67.8 cm³/mol. The van der Waals surface area contributed by atoms with Crippen LogP contribution >= 0.6 is 0 Å². The van der Waals surface area contributed by atoms with Crippen molar-refractivity contribution in [2.75, 3.05) is 20.1 Å². The van der Waals surface area contributed by atoms with Crippen LogP contribution in [0.4, 0.5) is 0 Å². The maximum atomic E-state index is 12.1. The number of aromatic amines is 2. The number of hydrogen-bond acceptors (Lipinski definition) is 4. The van der Waals surface area contributed by atoms with Crippen LogP contribution in [0.15, 0.2) is 27.9 Å². The number of nitrogens with one attached hydrogen (secondary N) is 2. The first-order chi connectivity index (χ1) is 8.45. The average Bonchev–Trinajstić information content (AvgIpc) is 2.68. The monoisotopic (exact) mass is 270 g/mol. The van der Waals surface area contributed by atoms with Gasteiger partial charge in [0.25, 0.3) is 0 Å². The Bertz CT molecular complexity index is 716. The average molecular weight is 270 g/mol. The summed E-state index contributed by atoms with van der Waals surface area (Å²) in [4.78, 5) is 16.3. The second-order valence-corrected chi connectivity index (χ2v) is 5.95. The van der Waals surface area contributed by atoms with Crippen molar-refractivity contribution in [1.82, 2.24) is 14.3 Å². The molecule has 98 valence electrons. The minimum Gasteiger partial charge on any atom is -0.329 e. The minimum atomic E-state index is -3.57. The van der Waals surface area contributed by atoms with E-state index in [-0.39, 0.29) is 23.7 Å². The minimum absolute atomic E-state index is 0.126. The molecular weight excluding hydrogens is 256 g/mol. The lowest BCUT2D eigenvalue weighted by atomic mass is 10.3. The highest BCUT2D eigenvalue weighted by atomic mass is 32.2. The van der Waals surface area contributed by atoms with Crippen LogP contribution in [0.3, 0.4) is 0 Å². The Kier molecular flexibility index (Phi) is 3.24. The van der Waals surface area contributed by atoms with Gasteiger partial charge in [-0.05, 0) is 18.2 Å². The zero-order chi connectivity index (χ0) is 13.3. The fraction of sp³-hybridized carbons (Fsp3) is 0.300. The van der Waals surface area contributed by atoms with Crippen molar-refractivity contribution in [3.05, 3.63) is 28.7 Å². The standard InChI is InChI=1S/C10H14N4O3S/c1-14(5-4-11)18(16,17)7-2-3-8-9(6-7)13-10(15)12-8/h2-3,6H,4-5,11H2,1H3,(H2,12,13,15). The summed E-state index contributed by atoms with van der Waals surface area (Å²) in [6, 6.07) is 4.43. The normalized spacial score (nSPS) is 12.4. The molecule has 0 spiro atoms. The first kappa shape index (κ1) is 12.8. The quantitative estimate of drug-likeness (QED) is 0.691. The van der Waals surface area contributed by atoms with E-state index in [0.29, 0.717) is 11.0 Å². The summed E-state index contributed by atoms with van der Waals surface area (Å²) < 4.78 is 25.5. The molecule has 8 heteroatoms. The molecule has 0 atom stereocenters. The third-order valence-electron chi connectivity index (χ3n) is 2.64. The molecule has 0 aliphatic heterocycles. The molecule has 2 rings (SSSR count). The molecule has 0 aliphatic carbocycles. The van der Waals surface area contributed by atoms with Crippen LogP contribution in [0.1, 0.15) is 0 Å². The molecule has 0 bridgehead atoms. The topological polar surface area (TPSA) is 112 Å². The van der Waals surface area contributed by atoms with Gasteiger partial charge < -0.3 is 15.7 Å². The summed E-state index contributed by atoms with van der Waals surface area (Å²) in [5.41, 5.74) is 6.00. The van der Waals surface area contributed by atoms with Gasteiger partial charge in [0.05, 0.1) is 15.9 Å². The van der Waals surface area contributed by atoms with Crippen molar-refractivity contribution in [3.8, 4) is 0 Å². The summed E-state index contributed by atoms with van der Waals surface area (Å²) >= 11 is 0. The first-order valence-corrected chi connectivity index (χ1v) is 6.77. The molecule has 0 saturated carbocycles. The van der Waals surface area contributed by atoms with Crippen molar-refractivity contribution in [2.45, 2.75) is 4.90 Å². The van der Waals surface area contributed by atoms with Crippen molar-refractivity contribution < 1.29 is 8.42 Å². The van der Waals surface area contributed by atoms with Gasteiger partial charge in [0.15, 0.2) is 0 Å². The molecule has 0 fully saturated rings. The summed E-state index contributed by atoms with van der Waals surface area (Å²) in [7, 11) is -2.10. The predicted octanol–water partition coefficient (Wildman–Crippen LogP) is -0.565. The highest BCUT2D eigenvalue weighted by Gasteiger charge is 2.20. The van der Waals surface area contributed by atoms with E-state index in [1.54, 1.807) is 6.07 Å². The number of fused-ring (bicyclic) bond motifs is 1. The number of nitrogens with two attached hydrogens (primary N) is 1. The zero-order valence-corrected chi connectivity index (χ0v) is 10.6. The molecule has 0 unspecified atom stereocenters. The lowest BCUT2D eigenvalue weighted by Gasteiger charge is -2.15. The Balaban J connectivity index is 2.50. The molecule has 18 heavy (non-hydrogen) atoms. The van der Waals surface area contributed by atoms with Crippen molar-refractivity contribution in [2.24, 2.45) is 5.73 Å². The van der Waals surface area contributed by atoms with Gasteiger partial charge in [-0.15, -0.1) is 0 Å². The summed E-state index contributed by atoms with van der Waals surface area (Å²) in [6.07, 6.45) is 0. The van der Waals surface area contributed by atoms with Crippen LogP contribution in [0.25, 0.3) is 11.0 Å². The fourth-order valence-electron chi connectivity index (χ4n) is 1.65. The van der Waals surface area contributed by atoms with Gasteiger partial charge in [-0.2, -0.15) is 4.31 Å². The van der Waals surface area contributed by atoms with E-state index in [9.17, 15) is 13.2 Å². The van der Waals surface area contributed by atoms with Gasteiger partial charge in [-0.25, -0.2) is 13.2 Å². The molecule has 1 heterocycles. The molecule has 1 aromatic carbocycles. The smallest absolute Gasteiger partial charge is 0.323 e. The van der Waals surface area contributed by atoms with Crippen LogP contribution < -0.4 is 11.4 Å². The van der Waals surface area contributed by atoms with Crippen LogP contribution in [-0.2, 0) is 10.0 Å². The van der Waals surface area contributed by atoms with Crippen LogP contribution in [0, 0.1) is 0 Å². The van der Waals surface area contributed by atoms with Gasteiger partial charge in [0.2, 0.25) is 10.0 Å². The fourth-order valence-corrected chi connectivity index (χ4v) is 2.87. The number of aromatic nitrogens is 2. The number of H-pyrrole nitrogens is 2. The van der Waals surface area contributed by atoms with E-state index >= 15 is 0 Å². The molecule has 1 aromatic heterocycles. The molecule has 0 radical (unpaired) electrons. The van der Waals surface area contributed by atoms with Gasteiger partial charge in [0, 0.05) is 20.1 Å². The highest BCUT2D eigenvalue weighted by Crippen LogP contribution is 2.17. The number of hydrogen-bond donors (Lipinski definition) is 3. The molecule has 0 amide bonds. The molecule has 0 saturated heterocycles. The van der Waals surface area contributed by atoms with Gasteiger partial charge in [-0.1, -0.05) is 0 Å². The maximum absolute atomic E-state index is 12.1. The Morgan fingerprint density at radius 2 is 1.94 bits per heavy atom. The summed E-state index contributed by atoms with van der Waals surface area (Å²) in [6.45, 7) is 0.489. The Morgan fingerprint density at radius 3 is 2.61 bits per heavy atom. The second kappa shape index (κ2) is 4.56. The maximum Gasteiger partial charge on any atom is 0.323 e. The SMILES string of the molecule is CN(CCN)S(=O)(=O)c1ccc2[nH]c(=O)[nH]c2c1. The lowest BCUT2D eigenvalue weighted by molar-refractivity contribution is 0.477. The number of nitrogens with zero attached hydrogens (tertiary/aromatic N) is 1. The third-order valence-corrected chi connectivity index (χ3v) is 4.49. The van der Waals surface area contributed by atoms with E-state index in [1.165, 1.54) is 23.5 Å². The van der Waals surface area contributed by atoms with Crippen LogP contribution in [-0.4, -0.2) is 42.8 Å². The van der Waals surface area contributed by atoms with Gasteiger partial charge in [-0.3, -0.25) is 0 Å². The molecule has 0 aliphatic rings. The zero-order valence-electron chi connectivity index (χ0n) is 9.80. The molecule has 7 nitrogen and oxygen atoms in total. The lowest BCUT2D eigenvalue weighted by Crippen LogP contribution is -2.31. The van der Waals surface area contributed by atoms with Crippen molar-refractivity contribution in [3.63, 3.8) is 0 Å². The van der Waals surface area contributed by atoms with Crippen molar-refractivity contribution >= 4 is 21.1 Å². The highest BCUT2D eigenvalue weighted by molar-refractivity contribution is 7.89. The van der Waals surface area contributed by atoms with Crippen LogP contribution in [0.5, 0.6) is 0 Å². The number of likely N-dealkylation sites (N-methyl/N-ethyl adjacent to an activating group) is 1. The van der Waals surface area contributed by atoms with E-state index in [2.05, 4.69) is 9.97 Å². The first-order valence-electron chi connectivity index (χ1n) is 5.33. The number of sulfonamides is 1. The van der Waals surface area contributed by atoms with Crippen LogP contribution in [0.2, 0.25) is 0 Å². The van der Waals surface area contributed by atoms with E-state index in [4.69, 9.17) is 5.73 Å². The number of benzene rings is 1. The molecule has 4 N–H and O–H groups in total. The molecular formula is C10H14N4O3S.